The van der Waals surface area contributed by atoms with Crippen LogP contribution in [-0.4, -0.2) is 52.3 Å². The molecule has 0 aromatic heterocycles. The van der Waals surface area contributed by atoms with Crippen LogP contribution in [0.15, 0.2) is 4.99 Å². The monoisotopic (exact) mass is 334 g/mol. The molecule has 5 N–H and O–H groups in total. The lowest BCUT2D eigenvalue weighted by molar-refractivity contribution is -0.148. The number of hydrogen-bond donors (Lipinski definition) is 3. The van der Waals surface area contributed by atoms with Crippen molar-refractivity contribution in [3.63, 3.8) is 0 Å². The third-order valence-corrected chi connectivity index (χ3v) is 3.96. The van der Waals surface area contributed by atoms with Gasteiger partial charge < -0.3 is 21.5 Å². The van der Waals surface area contributed by atoms with Crippen LogP contribution in [0.4, 0.5) is 0 Å². The Hall–Kier alpha value is -1.31. The van der Waals surface area contributed by atoms with Gasteiger partial charge in [0.15, 0.2) is 5.96 Å². The topological polar surface area (TPSA) is 122 Å². The van der Waals surface area contributed by atoms with Crippen molar-refractivity contribution < 1.29 is 14.7 Å². The highest BCUT2D eigenvalue weighted by atomic mass is 79.9. The molecule has 0 saturated carbocycles. The molecule has 0 bridgehead atoms. The molecule has 0 aromatic carbocycles. The molecule has 0 aromatic rings. The van der Waals surface area contributed by atoms with E-state index in [9.17, 15) is 14.7 Å². The highest BCUT2D eigenvalue weighted by molar-refractivity contribution is 9.09. The summed E-state index contributed by atoms with van der Waals surface area (Å²) in [6.07, 6.45) is 1.29. The Labute approximate surface area is 120 Å². The lowest BCUT2D eigenvalue weighted by atomic mass is 10.1. The van der Waals surface area contributed by atoms with Gasteiger partial charge >= 0.3 is 5.97 Å². The van der Waals surface area contributed by atoms with Crippen LogP contribution in [0.2, 0.25) is 0 Å². The second-order valence-electron chi connectivity index (χ2n) is 4.57. The van der Waals surface area contributed by atoms with E-state index in [1.165, 1.54) is 4.90 Å². The predicted octanol–water partition coefficient (Wildman–Crippen LogP) is -0.263. The maximum atomic E-state index is 11.8. The number of rotatable bonds is 7. The first-order valence-corrected chi connectivity index (χ1v) is 7.21. The van der Waals surface area contributed by atoms with E-state index in [2.05, 4.69) is 20.9 Å². The van der Waals surface area contributed by atoms with Gasteiger partial charge in [-0.15, -0.1) is 0 Å². The number of carbonyl (C=O) groups excluding carboxylic acids is 1. The van der Waals surface area contributed by atoms with E-state index >= 15 is 0 Å². The summed E-state index contributed by atoms with van der Waals surface area (Å²) in [7, 11) is 0. The summed E-state index contributed by atoms with van der Waals surface area (Å²) in [4.78, 5) is 28.3. The van der Waals surface area contributed by atoms with E-state index in [1.807, 2.05) is 0 Å². The van der Waals surface area contributed by atoms with Crippen LogP contribution < -0.4 is 11.5 Å². The lowest BCUT2D eigenvalue weighted by Crippen LogP contribution is -2.42. The molecular weight excluding hydrogens is 316 g/mol. The molecule has 1 amide bonds. The summed E-state index contributed by atoms with van der Waals surface area (Å²) in [5.74, 6) is -0.900. The molecule has 1 aliphatic heterocycles. The quantitative estimate of drug-likeness (QED) is 0.256. The molecule has 1 fully saturated rings. The number of carboxylic acid groups (broad SMARTS) is 1. The third-order valence-electron chi connectivity index (χ3n) is 3.05. The first kappa shape index (κ1) is 15.7. The molecule has 0 aliphatic carbocycles. The molecule has 7 nitrogen and oxygen atoms in total. The van der Waals surface area contributed by atoms with E-state index < -0.39 is 12.0 Å². The average Bonchev–Trinajstić information content (AvgIpc) is 2.69. The van der Waals surface area contributed by atoms with E-state index in [-0.39, 0.29) is 17.8 Å². The summed E-state index contributed by atoms with van der Waals surface area (Å²) in [6.45, 7) is 0.860. The summed E-state index contributed by atoms with van der Waals surface area (Å²) in [6, 6.07) is -0.786. The number of carbonyl (C=O) groups is 2. The van der Waals surface area contributed by atoms with Crippen molar-refractivity contribution >= 4 is 33.8 Å². The number of amides is 1. The minimum atomic E-state index is -0.978. The summed E-state index contributed by atoms with van der Waals surface area (Å²) < 4.78 is 0. The number of likely N-dealkylation sites (tertiary alicyclic amines) is 1. The van der Waals surface area contributed by atoms with Crippen LogP contribution >= 0.6 is 15.9 Å². The number of hydrogen-bond acceptors (Lipinski definition) is 3. The number of aliphatic carboxylic acids is 1. The van der Waals surface area contributed by atoms with Crippen molar-refractivity contribution in [1.29, 1.82) is 0 Å². The van der Waals surface area contributed by atoms with Gasteiger partial charge in [0.05, 0.1) is 0 Å². The van der Waals surface area contributed by atoms with E-state index in [1.54, 1.807) is 0 Å². The first-order valence-electron chi connectivity index (χ1n) is 6.09. The maximum absolute atomic E-state index is 11.8. The zero-order chi connectivity index (χ0) is 14.4. The van der Waals surface area contributed by atoms with Crippen LogP contribution in [0.25, 0.3) is 0 Å². The number of alkyl halides is 1. The second-order valence-corrected chi connectivity index (χ2v) is 5.22. The van der Waals surface area contributed by atoms with Crippen LogP contribution in [0.1, 0.15) is 19.3 Å². The van der Waals surface area contributed by atoms with Crippen LogP contribution in [0.5, 0.6) is 0 Å². The van der Waals surface area contributed by atoms with Gasteiger partial charge in [-0.2, -0.15) is 0 Å². The minimum Gasteiger partial charge on any atom is -0.480 e. The molecule has 1 heterocycles. The number of nitrogens with two attached hydrogens (primary N) is 2. The van der Waals surface area contributed by atoms with Crippen molar-refractivity contribution in [3.05, 3.63) is 0 Å². The Bertz CT molecular complexity index is 371. The Balaban J connectivity index is 2.55. The third kappa shape index (κ3) is 4.70. The van der Waals surface area contributed by atoms with Gasteiger partial charge in [0.1, 0.15) is 6.04 Å². The van der Waals surface area contributed by atoms with Crippen molar-refractivity contribution in [2.45, 2.75) is 25.3 Å². The molecule has 19 heavy (non-hydrogen) atoms. The summed E-state index contributed by atoms with van der Waals surface area (Å²) in [5.41, 5.74) is 10.4. The van der Waals surface area contributed by atoms with Gasteiger partial charge in [-0.25, -0.2) is 4.79 Å². The van der Waals surface area contributed by atoms with Crippen LogP contribution in [0, 0.1) is 5.92 Å². The van der Waals surface area contributed by atoms with E-state index in [0.29, 0.717) is 37.7 Å². The zero-order valence-corrected chi connectivity index (χ0v) is 12.2. The number of nitrogens with zero attached hydrogens (tertiary/aromatic N) is 2. The Kier molecular flexibility index (Phi) is 6.07. The standard InChI is InChI=1S/C11H19BrN4O3/c12-5-7-4-9(17)16(6-7)8(10(18)19)2-1-3-15-11(13)14/h7-8H,1-6H2,(H,18,19)(H4,13,14,15)/t7?,8-/m0/s1. The number of halogens is 1. The van der Waals surface area contributed by atoms with E-state index in [0.717, 1.165) is 0 Å². The molecule has 1 unspecified atom stereocenters. The van der Waals surface area contributed by atoms with Crippen molar-refractivity contribution in [3.8, 4) is 0 Å². The number of aliphatic imine (C=N–C) groups is 1. The van der Waals surface area contributed by atoms with Gasteiger partial charge in [-0.3, -0.25) is 9.79 Å². The molecule has 8 heteroatoms. The molecule has 1 aliphatic rings. The van der Waals surface area contributed by atoms with Gasteiger partial charge in [0, 0.05) is 24.8 Å². The Morgan fingerprint density at radius 1 is 1.58 bits per heavy atom. The smallest absolute Gasteiger partial charge is 0.326 e. The largest absolute Gasteiger partial charge is 0.480 e. The first-order chi connectivity index (χ1) is 8.95. The fourth-order valence-electron chi connectivity index (χ4n) is 2.12. The normalized spacial score (nSPS) is 20.4. The Morgan fingerprint density at radius 2 is 2.26 bits per heavy atom. The number of guanidine groups is 1. The summed E-state index contributed by atoms with van der Waals surface area (Å²) in [5, 5.41) is 9.93. The van der Waals surface area contributed by atoms with Crippen LogP contribution in [0.3, 0.4) is 0 Å². The van der Waals surface area contributed by atoms with Crippen molar-refractivity contribution in [2.75, 3.05) is 18.4 Å². The Morgan fingerprint density at radius 3 is 2.74 bits per heavy atom. The van der Waals surface area contributed by atoms with Gasteiger partial charge in [-0.05, 0) is 18.8 Å². The highest BCUT2D eigenvalue weighted by Crippen LogP contribution is 2.23. The minimum absolute atomic E-state index is 0.0107. The highest BCUT2D eigenvalue weighted by Gasteiger charge is 2.36. The van der Waals surface area contributed by atoms with Crippen molar-refractivity contribution in [2.24, 2.45) is 22.4 Å². The fourth-order valence-corrected chi connectivity index (χ4v) is 2.55. The molecule has 1 saturated heterocycles. The SMILES string of the molecule is NC(N)=NCCC[C@@H](C(=O)O)N1CC(CBr)CC1=O. The second kappa shape index (κ2) is 7.32. The molecule has 1 rings (SSSR count). The molecule has 0 radical (unpaired) electrons. The molecular formula is C11H19BrN4O3. The molecule has 2 atom stereocenters. The van der Waals surface area contributed by atoms with Crippen LogP contribution in [-0.2, 0) is 9.59 Å². The molecule has 108 valence electrons. The van der Waals surface area contributed by atoms with Gasteiger partial charge in [0.25, 0.3) is 0 Å². The maximum Gasteiger partial charge on any atom is 0.326 e. The predicted molar refractivity (Wildman–Crippen MR) is 74.9 cm³/mol. The zero-order valence-electron chi connectivity index (χ0n) is 10.6. The summed E-state index contributed by atoms with van der Waals surface area (Å²) >= 11 is 3.33. The molecule has 0 spiro atoms. The number of carboxylic acids is 1. The van der Waals surface area contributed by atoms with Gasteiger partial charge in [0.2, 0.25) is 5.91 Å². The van der Waals surface area contributed by atoms with E-state index in [4.69, 9.17) is 11.5 Å². The van der Waals surface area contributed by atoms with Gasteiger partial charge in [-0.1, -0.05) is 15.9 Å². The van der Waals surface area contributed by atoms with Crippen molar-refractivity contribution in [1.82, 2.24) is 4.90 Å². The fraction of sp³-hybridized carbons (Fsp3) is 0.727. The lowest BCUT2D eigenvalue weighted by Gasteiger charge is -2.24. The average molecular weight is 335 g/mol.